The maximum absolute atomic E-state index is 5.99. The van der Waals surface area contributed by atoms with Gasteiger partial charge in [-0.25, -0.2) is 0 Å². The van der Waals surface area contributed by atoms with Crippen LogP contribution >= 0.6 is 0 Å². The summed E-state index contributed by atoms with van der Waals surface area (Å²) in [4.78, 5) is 5.86. The molecule has 0 radical (unpaired) electrons. The molecule has 3 rings (SSSR count). The molecule has 0 bridgehead atoms. The molecule has 3 N–H and O–H groups in total. The SMILES string of the molecule is CC(N)C1CCN(Cc2c[nH]c3ccccc23)C1. The minimum Gasteiger partial charge on any atom is -0.361 e. The Hall–Kier alpha value is -1.32. The summed E-state index contributed by atoms with van der Waals surface area (Å²) < 4.78 is 0. The Bertz CT molecular complexity index is 529. The Kier molecular flexibility index (Phi) is 3.10. The van der Waals surface area contributed by atoms with Crippen LogP contribution in [0.4, 0.5) is 0 Å². The average Bonchev–Trinajstić information content (AvgIpc) is 2.98. The third-order valence-corrected chi connectivity index (χ3v) is 4.12. The summed E-state index contributed by atoms with van der Waals surface area (Å²) in [5, 5.41) is 1.35. The molecule has 2 atom stereocenters. The van der Waals surface area contributed by atoms with E-state index in [0.29, 0.717) is 12.0 Å². The molecule has 18 heavy (non-hydrogen) atoms. The molecule has 3 nitrogen and oxygen atoms in total. The van der Waals surface area contributed by atoms with Gasteiger partial charge in [0.05, 0.1) is 0 Å². The molecule has 96 valence electrons. The molecular formula is C15H21N3. The highest BCUT2D eigenvalue weighted by atomic mass is 15.1. The summed E-state index contributed by atoms with van der Waals surface area (Å²) in [6, 6.07) is 8.82. The number of benzene rings is 1. The van der Waals surface area contributed by atoms with E-state index in [1.807, 2.05) is 0 Å². The van der Waals surface area contributed by atoms with Gasteiger partial charge in [0.25, 0.3) is 0 Å². The second kappa shape index (κ2) is 4.75. The van der Waals surface area contributed by atoms with Crippen LogP contribution in [0.5, 0.6) is 0 Å². The molecule has 1 aromatic carbocycles. The van der Waals surface area contributed by atoms with Gasteiger partial charge in [0, 0.05) is 36.2 Å². The third-order valence-electron chi connectivity index (χ3n) is 4.12. The fourth-order valence-electron chi connectivity index (χ4n) is 2.94. The maximum atomic E-state index is 5.99. The van der Waals surface area contributed by atoms with Crippen LogP contribution in [0.15, 0.2) is 30.5 Å². The number of rotatable bonds is 3. The summed E-state index contributed by atoms with van der Waals surface area (Å²) in [5.41, 5.74) is 8.62. The molecule has 1 aliphatic heterocycles. The first-order chi connectivity index (χ1) is 8.74. The molecule has 0 amide bonds. The lowest BCUT2D eigenvalue weighted by atomic mass is 10.0. The van der Waals surface area contributed by atoms with Gasteiger partial charge < -0.3 is 10.7 Å². The lowest BCUT2D eigenvalue weighted by Gasteiger charge is -2.17. The van der Waals surface area contributed by atoms with Gasteiger partial charge in [-0.2, -0.15) is 0 Å². The Morgan fingerprint density at radius 2 is 2.28 bits per heavy atom. The van der Waals surface area contributed by atoms with Gasteiger partial charge in [0.2, 0.25) is 0 Å². The van der Waals surface area contributed by atoms with Gasteiger partial charge in [-0.15, -0.1) is 0 Å². The van der Waals surface area contributed by atoms with E-state index in [2.05, 4.69) is 47.3 Å². The van der Waals surface area contributed by atoms with Crippen molar-refractivity contribution in [1.29, 1.82) is 0 Å². The van der Waals surface area contributed by atoms with Crippen LogP contribution in [0.1, 0.15) is 18.9 Å². The van der Waals surface area contributed by atoms with Gasteiger partial charge in [0.15, 0.2) is 0 Å². The van der Waals surface area contributed by atoms with Crippen LogP contribution in [0.25, 0.3) is 10.9 Å². The molecule has 2 aromatic rings. The summed E-state index contributed by atoms with van der Waals surface area (Å²) >= 11 is 0. The lowest BCUT2D eigenvalue weighted by molar-refractivity contribution is 0.309. The van der Waals surface area contributed by atoms with Crippen molar-refractivity contribution in [2.24, 2.45) is 11.7 Å². The van der Waals surface area contributed by atoms with Crippen LogP contribution in [0, 0.1) is 5.92 Å². The zero-order valence-corrected chi connectivity index (χ0v) is 10.9. The maximum Gasteiger partial charge on any atom is 0.0457 e. The quantitative estimate of drug-likeness (QED) is 0.869. The van der Waals surface area contributed by atoms with Crippen molar-refractivity contribution < 1.29 is 0 Å². The Balaban J connectivity index is 1.74. The Morgan fingerprint density at radius 1 is 1.44 bits per heavy atom. The van der Waals surface area contributed by atoms with E-state index in [0.717, 1.165) is 13.1 Å². The molecule has 1 saturated heterocycles. The summed E-state index contributed by atoms with van der Waals surface area (Å²) in [6.45, 7) is 5.47. The number of nitrogens with two attached hydrogens (primary N) is 1. The second-order valence-electron chi connectivity index (χ2n) is 5.50. The van der Waals surface area contributed by atoms with Gasteiger partial charge >= 0.3 is 0 Å². The normalized spacial score (nSPS) is 22.7. The first kappa shape index (κ1) is 11.8. The first-order valence-electron chi connectivity index (χ1n) is 6.77. The lowest BCUT2D eigenvalue weighted by Crippen LogP contribution is -2.29. The van der Waals surface area contributed by atoms with Crippen molar-refractivity contribution >= 4 is 10.9 Å². The van der Waals surface area contributed by atoms with Crippen LogP contribution in [-0.2, 0) is 6.54 Å². The summed E-state index contributed by atoms with van der Waals surface area (Å²) in [6.07, 6.45) is 3.38. The van der Waals surface area contributed by atoms with Crippen LogP contribution in [0.3, 0.4) is 0 Å². The van der Waals surface area contributed by atoms with E-state index in [9.17, 15) is 0 Å². The number of aromatic nitrogens is 1. The minimum atomic E-state index is 0.318. The van der Waals surface area contributed by atoms with Crippen LogP contribution in [0.2, 0.25) is 0 Å². The molecule has 1 aliphatic rings. The molecule has 3 heteroatoms. The highest BCUT2D eigenvalue weighted by Gasteiger charge is 2.25. The van der Waals surface area contributed by atoms with Crippen LogP contribution in [-0.4, -0.2) is 29.0 Å². The summed E-state index contributed by atoms with van der Waals surface area (Å²) in [7, 11) is 0. The smallest absolute Gasteiger partial charge is 0.0457 e. The molecule has 2 unspecified atom stereocenters. The number of para-hydroxylation sites is 1. The largest absolute Gasteiger partial charge is 0.361 e. The average molecular weight is 243 g/mol. The van der Waals surface area contributed by atoms with E-state index >= 15 is 0 Å². The third kappa shape index (κ3) is 2.16. The highest BCUT2D eigenvalue weighted by molar-refractivity contribution is 5.82. The molecule has 1 aromatic heterocycles. The predicted molar refractivity (Wildman–Crippen MR) is 75.3 cm³/mol. The first-order valence-corrected chi connectivity index (χ1v) is 6.77. The van der Waals surface area contributed by atoms with Gasteiger partial charge in [-0.1, -0.05) is 18.2 Å². The molecule has 2 heterocycles. The molecule has 0 saturated carbocycles. The number of likely N-dealkylation sites (tertiary alicyclic amines) is 1. The van der Waals surface area contributed by atoms with Gasteiger partial charge in [-0.05, 0) is 37.4 Å². The summed E-state index contributed by atoms with van der Waals surface area (Å²) in [5.74, 6) is 0.662. The van der Waals surface area contributed by atoms with E-state index < -0.39 is 0 Å². The minimum absolute atomic E-state index is 0.318. The van der Waals surface area contributed by atoms with E-state index in [4.69, 9.17) is 5.73 Å². The van der Waals surface area contributed by atoms with Crippen molar-refractivity contribution in [3.8, 4) is 0 Å². The second-order valence-corrected chi connectivity index (χ2v) is 5.50. The van der Waals surface area contributed by atoms with Crippen molar-refractivity contribution in [3.05, 3.63) is 36.0 Å². The van der Waals surface area contributed by atoms with Crippen molar-refractivity contribution in [2.75, 3.05) is 13.1 Å². The van der Waals surface area contributed by atoms with E-state index in [1.165, 1.54) is 29.4 Å². The fraction of sp³-hybridized carbons (Fsp3) is 0.467. The number of hydrogen-bond donors (Lipinski definition) is 2. The van der Waals surface area contributed by atoms with Gasteiger partial charge in [-0.3, -0.25) is 4.90 Å². The predicted octanol–water partition coefficient (Wildman–Crippen LogP) is 2.34. The number of fused-ring (bicyclic) bond motifs is 1. The number of hydrogen-bond acceptors (Lipinski definition) is 2. The fourth-order valence-corrected chi connectivity index (χ4v) is 2.94. The molecule has 0 aliphatic carbocycles. The molecular weight excluding hydrogens is 222 g/mol. The highest BCUT2D eigenvalue weighted by Crippen LogP contribution is 2.24. The van der Waals surface area contributed by atoms with E-state index in [-0.39, 0.29) is 0 Å². The molecule has 0 spiro atoms. The van der Waals surface area contributed by atoms with Crippen LogP contribution < -0.4 is 5.73 Å². The topological polar surface area (TPSA) is 45.0 Å². The zero-order valence-electron chi connectivity index (χ0n) is 10.9. The Morgan fingerprint density at radius 3 is 3.06 bits per heavy atom. The van der Waals surface area contributed by atoms with E-state index in [1.54, 1.807) is 0 Å². The van der Waals surface area contributed by atoms with Gasteiger partial charge in [0.1, 0.15) is 0 Å². The van der Waals surface area contributed by atoms with Crippen molar-refractivity contribution in [1.82, 2.24) is 9.88 Å². The monoisotopic (exact) mass is 243 g/mol. The van der Waals surface area contributed by atoms with Crippen molar-refractivity contribution in [2.45, 2.75) is 25.9 Å². The number of nitrogens with zero attached hydrogens (tertiary/aromatic N) is 1. The molecule has 1 fully saturated rings. The Labute approximate surface area is 108 Å². The zero-order chi connectivity index (χ0) is 12.5. The number of aromatic amines is 1. The number of H-pyrrole nitrogens is 1. The van der Waals surface area contributed by atoms with Crippen molar-refractivity contribution in [3.63, 3.8) is 0 Å². The standard InChI is InChI=1S/C15H21N3/c1-11(16)12-6-7-18(9-12)10-13-8-17-15-5-3-2-4-14(13)15/h2-5,8,11-12,17H,6-7,9-10,16H2,1H3. The number of nitrogens with one attached hydrogen (secondary N) is 1.